The zero-order chi connectivity index (χ0) is 22.8. The minimum atomic E-state index is -0.0305. The third-order valence-corrected chi connectivity index (χ3v) is 6.67. The van der Waals surface area contributed by atoms with Crippen molar-refractivity contribution in [2.24, 2.45) is 5.92 Å². The van der Waals surface area contributed by atoms with E-state index in [9.17, 15) is 4.79 Å². The summed E-state index contributed by atoms with van der Waals surface area (Å²) in [5, 5.41) is 0.613. The third kappa shape index (κ3) is 4.81. The van der Waals surface area contributed by atoms with Crippen molar-refractivity contribution in [1.29, 1.82) is 0 Å². The molecular formula is C26H27ClN4O2. The number of benzene rings is 2. The standard InChI is InChI=1S/C26H27ClN4O2/c1-18-11-14-30(15-12-18)26-28-23-13-16-31(25(32)19-7-9-20(27)10-8-19)17-22(23)24(29-26)33-21-5-3-2-4-6-21/h2-10,18H,11-17H2,1H3. The fraction of sp³-hybridized carbons (Fsp3) is 0.346. The van der Waals surface area contributed by atoms with Gasteiger partial charge in [-0.05, 0) is 55.2 Å². The van der Waals surface area contributed by atoms with Gasteiger partial charge in [-0.3, -0.25) is 4.79 Å². The van der Waals surface area contributed by atoms with Crippen LogP contribution in [0.15, 0.2) is 54.6 Å². The van der Waals surface area contributed by atoms with Gasteiger partial charge in [-0.2, -0.15) is 4.98 Å². The number of piperidine rings is 1. The molecule has 6 nitrogen and oxygen atoms in total. The van der Waals surface area contributed by atoms with Crippen LogP contribution in [0.2, 0.25) is 5.02 Å². The molecule has 0 aliphatic carbocycles. The molecule has 1 fully saturated rings. The van der Waals surface area contributed by atoms with E-state index >= 15 is 0 Å². The van der Waals surface area contributed by atoms with Gasteiger partial charge in [0.15, 0.2) is 0 Å². The zero-order valence-electron chi connectivity index (χ0n) is 18.7. The number of rotatable bonds is 4. The fourth-order valence-corrected chi connectivity index (χ4v) is 4.48. The number of ether oxygens (including phenoxy) is 1. The summed E-state index contributed by atoms with van der Waals surface area (Å²) in [5.74, 6) is 2.68. The molecule has 0 bridgehead atoms. The Morgan fingerprint density at radius 2 is 1.73 bits per heavy atom. The maximum Gasteiger partial charge on any atom is 0.254 e. The molecule has 0 radical (unpaired) electrons. The van der Waals surface area contributed by atoms with Crippen molar-refractivity contribution in [2.75, 3.05) is 24.5 Å². The van der Waals surface area contributed by atoms with Crippen molar-refractivity contribution in [1.82, 2.24) is 14.9 Å². The molecule has 2 aliphatic rings. The number of halogens is 1. The number of anilines is 1. The van der Waals surface area contributed by atoms with Crippen LogP contribution in [0.4, 0.5) is 5.95 Å². The molecule has 1 aromatic heterocycles. The number of fused-ring (bicyclic) bond motifs is 1. The predicted octanol–water partition coefficient (Wildman–Crippen LogP) is 5.36. The van der Waals surface area contributed by atoms with E-state index < -0.39 is 0 Å². The van der Waals surface area contributed by atoms with Crippen LogP contribution in [0.1, 0.15) is 41.4 Å². The summed E-state index contributed by atoms with van der Waals surface area (Å²) in [5.41, 5.74) is 2.46. The quantitative estimate of drug-likeness (QED) is 0.522. The average molecular weight is 463 g/mol. The number of carbonyl (C=O) groups is 1. The minimum absolute atomic E-state index is 0.0305. The van der Waals surface area contributed by atoms with Crippen molar-refractivity contribution < 1.29 is 9.53 Å². The maximum atomic E-state index is 13.1. The van der Waals surface area contributed by atoms with Gasteiger partial charge in [0.2, 0.25) is 11.8 Å². The summed E-state index contributed by atoms with van der Waals surface area (Å²) in [6.45, 7) is 5.21. The number of hydrogen-bond donors (Lipinski definition) is 0. The molecule has 2 aliphatic heterocycles. The second-order valence-electron chi connectivity index (χ2n) is 8.82. The first kappa shape index (κ1) is 21.7. The van der Waals surface area contributed by atoms with E-state index in [4.69, 9.17) is 26.3 Å². The summed E-state index contributed by atoms with van der Waals surface area (Å²) in [6, 6.07) is 16.7. The second-order valence-corrected chi connectivity index (χ2v) is 9.26. The number of nitrogens with zero attached hydrogens (tertiary/aromatic N) is 4. The number of hydrogen-bond acceptors (Lipinski definition) is 5. The highest BCUT2D eigenvalue weighted by Gasteiger charge is 2.29. The van der Waals surface area contributed by atoms with Crippen molar-refractivity contribution in [2.45, 2.75) is 32.7 Å². The molecule has 0 saturated carbocycles. The SMILES string of the molecule is CC1CCN(c2nc3c(c(Oc4ccccc4)n2)CN(C(=O)c2ccc(Cl)cc2)CC3)CC1. The molecule has 3 heterocycles. The summed E-state index contributed by atoms with van der Waals surface area (Å²) < 4.78 is 6.25. The van der Waals surface area contributed by atoms with Crippen LogP contribution in [0.3, 0.4) is 0 Å². The zero-order valence-corrected chi connectivity index (χ0v) is 19.5. The van der Waals surface area contributed by atoms with Gasteiger partial charge in [-0.1, -0.05) is 36.7 Å². The lowest BCUT2D eigenvalue weighted by atomic mass is 9.99. The third-order valence-electron chi connectivity index (χ3n) is 6.41. The lowest BCUT2D eigenvalue weighted by molar-refractivity contribution is 0.0732. The van der Waals surface area contributed by atoms with Crippen LogP contribution in [-0.4, -0.2) is 40.4 Å². The summed E-state index contributed by atoms with van der Waals surface area (Å²) in [6.07, 6.45) is 2.94. The second kappa shape index (κ2) is 9.40. The lowest BCUT2D eigenvalue weighted by Crippen LogP contribution is -2.38. The van der Waals surface area contributed by atoms with Gasteiger partial charge in [0.25, 0.3) is 5.91 Å². The van der Waals surface area contributed by atoms with Crippen LogP contribution in [0, 0.1) is 5.92 Å². The van der Waals surface area contributed by atoms with Crippen molar-refractivity contribution in [3.8, 4) is 11.6 Å². The van der Waals surface area contributed by atoms with Gasteiger partial charge in [0.05, 0.1) is 17.8 Å². The van der Waals surface area contributed by atoms with Gasteiger partial charge in [0, 0.05) is 36.6 Å². The summed E-state index contributed by atoms with van der Waals surface area (Å²) in [7, 11) is 0. The van der Waals surface area contributed by atoms with Crippen LogP contribution in [0.25, 0.3) is 0 Å². The molecular weight excluding hydrogens is 436 g/mol. The highest BCUT2D eigenvalue weighted by Crippen LogP contribution is 2.33. The Morgan fingerprint density at radius 1 is 1.00 bits per heavy atom. The highest BCUT2D eigenvalue weighted by molar-refractivity contribution is 6.30. The molecule has 0 atom stereocenters. The maximum absolute atomic E-state index is 13.1. The highest BCUT2D eigenvalue weighted by atomic mass is 35.5. The topological polar surface area (TPSA) is 58.6 Å². The molecule has 33 heavy (non-hydrogen) atoms. The molecule has 2 aromatic carbocycles. The number of para-hydroxylation sites is 1. The van der Waals surface area contributed by atoms with E-state index in [-0.39, 0.29) is 5.91 Å². The van der Waals surface area contributed by atoms with Gasteiger partial charge in [-0.25, -0.2) is 4.98 Å². The van der Waals surface area contributed by atoms with Gasteiger partial charge in [-0.15, -0.1) is 0 Å². The van der Waals surface area contributed by atoms with Gasteiger partial charge >= 0.3 is 0 Å². The Kier molecular flexibility index (Phi) is 6.18. The molecule has 170 valence electrons. The van der Waals surface area contributed by atoms with Crippen LogP contribution < -0.4 is 9.64 Å². The Bertz CT molecular complexity index is 1130. The van der Waals surface area contributed by atoms with E-state index in [1.807, 2.05) is 35.2 Å². The molecule has 5 rings (SSSR count). The first-order valence-electron chi connectivity index (χ1n) is 11.5. The molecule has 0 spiro atoms. The van der Waals surface area contributed by atoms with Crippen LogP contribution in [-0.2, 0) is 13.0 Å². The van der Waals surface area contributed by atoms with Crippen molar-refractivity contribution in [3.05, 3.63) is 76.4 Å². The van der Waals surface area contributed by atoms with E-state index in [0.29, 0.717) is 36.0 Å². The molecule has 7 heteroatoms. The molecule has 0 N–H and O–H groups in total. The Morgan fingerprint density at radius 3 is 2.45 bits per heavy atom. The Hall–Kier alpha value is -3.12. The minimum Gasteiger partial charge on any atom is -0.438 e. The lowest BCUT2D eigenvalue weighted by Gasteiger charge is -2.33. The Balaban J connectivity index is 1.46. The number of aromatic nitrogens is 2. The van der Waals surface area contributed by atoms with Gasteiger partial charge in [0.1, 0.15) is 5.75 Å². The molecule has 1 saturated heterocycles. The smallest absolute Gasteiger partial charge is 0.254 e. The van der Waals surface area contributed by atoms with Crippen LogP contribution >= 0.6 is 11.6 Å². The fourth-order valence-electron chi connectivity index (χ4n) is 4.35. The first-order valence-corrected chi connectivity index (χ1v) is 11.9. The Labute approximate surface area is 199 Å². The van der Waals surface area contributed by atoms with E-state index in [2.05, 4.69) is 11.8 Å². The van der Waals surface area contributed by atoms with E-state index in [1.165, 1.54) is 0 Å². The first-order chi connectivity index (χ1) is 16.1. The number of amides is 1. The predicted molar refractivity (Wildman–Crippen MR) is 129 cm³/mol. The normalized spacial score (nSPS) is 16.4. The van der Waals surface area contributed by atoms with Crippen molar-refractivity contribution >= 4 is 23.5 Å². The van der Waals surface area contributed by atoms with Gasteiger partial charge < -0.3 is 14.5 Å². The molecule has 3 aromatic rings. The monoisotopic (exact) mass is 462 g/mol. The van der Waals surface area contributed by atoms with Crippen molar-refractivity contribution in [3.63, 3.8) is 0 Å². The van der Waals surface area contributed by atoms with Crippen LogP contribution in [0.5, 0.6) is 11.6 Å². The summed E-state index contributed by atoms with van der Waals surface area (Å²) >= 11 is 5.99. The average Bonchev–Trinajstić information content (AvgIpc) is 2.85. The molecule has 0 unspecified atom stereocenters. The largest absolute Gasteiger partial charge is 0.438 e. The molecule has 1 amide bonds. The number of carbonyl (C=O) groups excluding carboxylic acids is 1. The van der Waals surface area contributed by atoms with E-state index in [1.54, 1.807) is 24.3 Å². The summed E-state index contributed by atoms with van der Waals surface area (Å²) in [4.78, 5) is 27.0. The van der Waals surface area contributed by atoms with E-state index in [0.717, 1.165) is 54.8 Å².